The summed E-state index contributed by atoms with van der Waals surface area (Å²) in [6, 6.07) is 7.92. The minimum atomic E-state index is 0.419. The summed E-state index contributed by atoms with van der Waals surface area (Å²) in [5, 5.41) is 0. The second kappa shape index (κ2) is 5.06. The molecule has 0 unspecified atom stereocenters. The van der Waals surface area contributed by atoms with Gasteiger partial charge in [-0.2, -0.15) is 0 Å². The van der Waals surface area contributed by atoms with E-state index in [-0.39, 0.29) is 0 Å². The quantitative estimate of drug-likeness (QED) is 0.880. The molecule has 0 amide bonds. The summed E-state index contributed by atoms with van der Waals surface area (Å²) >= 11 is 0. The fourth-order valence-corrected chi connectivity index (χ4v) is 1.63. The standard InChI is InChI=1S/C14H17NO2/c1-10-3-4-13(7-11(10)2)17-9-14-12(8-15)5-6-16-14/h3-7H,8-9,15H2,1-2H3. The first kappa shape index (κ1) is 11.7. The molecule has 0 aliphatic heterocycles. The van der Waals surface area contributed by atoms with Gasteiger partial charge in [0, 0.05) is 12.1 Å². The molecule has 1 heterocycles. The Labute approximate surface area is 101 Å². The van der Waals surface area contributed by atoms with E-state index >= 15 is 0 Å². The maximum atomic E-state index is 5.68. The zero-order chi connectivity index (χ0) is 12.3. The summed E-state index contributed by atoms with van der Waals surface area (Å²) in [6.07, 6.45) is 1.64. The lowest BCUT2D eigenvalue weighted by molar-refractivity contribution is 0.268. The second-order valence-corrected chi connectivity index (χ2v) is 4.11. The zero-order valence-electron chi connectivity index (χ0n) is 10.2. The average molecular weight is 231 g/mol. The van der Waals surface area contributed by atoms with E-state index in [2.05, 4.69) is 19.9 Å². The van der Waals surface area contributed by atoms with Gasteiger partial charge in [0.2, 0.25) is 0 Å². The van der Waals surface area contributed by atoms with Crippen molar-refractivity contribution < 1.29 is 9.15 Å². The highest BCUT2D eigenvalue weighted by Crippen LogP contribution is 2.19. The van der Waals surface area contributed by atoms with Crippen LogP contribution < -0.4 is 10.5 Å². The van der Waals surface area contributed by atoms with E-state index in [1.807, 2.05) is 18.2 Å². The molecule has 0 aliphatic carbocycles. The van der Waals surface area contributed by atoms with Crippen LogP contribution in [0.5, 0.6) is 5.75 Å². The second-order valence-electron chi connectivity index (χ2n) is 4.11. The number of furan rings is 1. The third-order valence-corrected chi connectivity index (χ3v) is 2.91. The SMILES string of the molecule is Cc1ccc(OCc2occc2CN)cc1C. The largest absolute Gasteiger partial charge is 0.486 e. The molecule has 0 radical (unpaired) electrons. The zero-order valence-corrected chi connectivity index (χ0v) is 10.2. The lowest BCUT2D eigenvalue weighted by Gasteiger charge is -2.07. The van der Waals surface area contributed by atoms with Crippen LogP contribution in [-0.2, 0) is 13.2 Å². The summed E-state index contributed by atoms with van der Waals surface area (Å²) in [4.78, 5) is 0. The summed E-state index contributed by atoms with van der Waals surface area (Å²) in [5.74, 6) is 1.65. The molecule has 0 saturated carbocycles. The molecule has 0 fully saturated rings. The van der Waals surface area contributed by atoms with Crippen molar-refractivity contribution in [2.75, 3.05) is 0 Å². The normalized spacial score (nSPS) is 10.5. The topological polar surface area (TPSA) is 48.4 Å². The van der Waals surface area contributed by atoms with Crippen LogP contribution in [0.4, 0.5) is 0 Å². The summed E-state index contributed by atoms with van der Waals surface area (Å²) in [6.45, 7) is 5.04. The van der Waals surface area contributed by atoms with Crippen LogP contribution in [0.2, 0.25) is 0 Å². The van der Waals surface area contributed by atoms with Crippen molar-refractivity contribution in [1.82, 2.24) is 0 Å². The first-order chi connectivity index (χ1) is 8.20. The summed E-state index contributed by atoms with van der Waals surface area (Å²) < 4.78 is 11.0. The lowest BCUT2D eigenvalue weighted by atomic mass is 10.1. The first-order valence-corrected chi connectivity index (χ1v) is 5.66. The number of nitrogens with two attached hydrogens (primary N) is 1. The molecule has 2 rings (SSSR count). The van der Waals surface area contributed by atoms with Gasteiger partial charge in [-0.05, 0) is 43.2 Å². The molecule has 0 aliphatic rings. The van der Waals surface area contributed by atoms with Crippen LogP contribution in [0, 0.1) is 13.8 Å². The van der Waals surface area contributed by atoms with Crippen molar-refractivity contribution >= 4 is 0 Å². The first-order valence-electron chi connectivity index (χ1n) is 5.66. The monoisotopic (exact) mass is 231 g/mol. The minimum absolute atomic E-state index is 0.419. The fourth-order valence-electron chi connectivity index (χ4n) is 1.63. The third kappa shape index (κ3) is 2.68. The molecule has 0 spiro atoms. The van der Waals surface area contributed by atoms with Crippen LogP contribution in [0.1, 0.15) is 22.5 Å². The summed E-state index contributed by atoms with van der Waals surface area (Å²) in [5.41, 5.74) is 9.07. The highest BCUT2D eigenvalue weighted by Gasteiger charge is 2.05. The van der Waals surface area contributed by atoms with Crippen molar-refractivity contribution in [3.8, 4) is 5.75 Å². The van der Waals surface area contributed by atoms with Crippen molar-refractivity contribution in [2.45, 2.75) is 27.0 Å². The van der Waals surface area contributed by atoms with E-state index in [4.69, 9.17) is 14.9 Å². The fraction of sp³-hybridized carbons (Fsp3) is 0.286. The molecule has 0 bridgehead atoms. The highest BCUT2D eigenvalue weighted by atomic mass is 16.5. The van der Waals surface area contributed by atoms with Gasteiger partial charge in [-0.3, -0.25) is 0 Å². The van der Waals surface area contributed by atoms with Gasteiger partial charge in [-0.25, -0.2) is 0 Å². The van der Waals surface area contributed by atoms with Crippen LogP contribution in [-0.4, -0.2) is 0 Å². The van der Waals surface area contributed by atoms with Crippen LogP contribution >= 0.6 is 0 Å². The molecule has 3 nitrogen and oxygen atoms in total. The van der Waals surface area contributed by atoms with Crippen molar-refractivity contribution in [1.29, 1.82) is 0 Å². The molecular weight excluding hydrogens is 214 g/mol. The Balaban J connectivity index is 2.05. The molecule has 2 aromatic rings. The van der Waals surface area contributed by atoms with E-state index in [1.165, 1.54) is 11.1 Å². The Kier molecular flexibility index (Phi) is 3.49. The molecule has 0 saturated heterocycles. The van der Waals surface area contributed by atoms with Crippen molar-refractivity contribution in [2.24, 2.45) is 5.73 Å². The molecule has 1 aromatic carbocycles. The van der Waals surface area contributed by atoms with Gasteiger partial charge in [0.05, 0.1) is 6.26 Å². The van der Waals surface area contributed by atoms with Gasteiger partial charge in [0.25, 0.3) is 0 Å². The van der Waals surface area contributed by atoms with Gasteiger partial charge >= 0.3 is 0 Å². The lowest BCUT2D eigenvalue weighted by Crippen LogP contribution is -2.02. The van der Waals surface area contributed by atoms with Gasteiger partial charge in [0.15, 0.2) is 0 Å². The van der Waals surface area contributed by atoms with E-state index in [1.54, 1.807) is 6.26 Å². The number of rotatable bonds is 4. The smallest absolute Gasteiger partial charge is 0.146 e. The van der Waals surface area contributed by atoms with E-state index in [0.717, 1.165) is 17.1 Å². The number of benzene rings is 1. The molecular formula is C14H17NO2. The minimum Gasteiger partial charge on any atom is -0.486 e. The molecule has 3 heteroatoms. The highest BCUT2D eigenvalue weighted by molar-refractivity contribution is 5.34. The van der Waals surface area contributed by atoms with Crippen LogP contribution in [0.25, 0.3) is 0 Å². The van der Waals surface area contributed by atoms with E-state index < -0.39 is 0 Å². The number of ether oxygens (including phenoxy) is 1. The number of hydrogen-bond donors (Lipinski definition) is 1. The van der Waals surface area contributed by atoms with Crippen molar-refractivity contribution in [3.63, 3.8) is 0 Å². The Morgan fingerprint density at radius 1 is 1.18 bits per heavy atom. The Morgan fingerprint density at radius 3 is 2.71 bits per heavy atom. The Bertz CT molecular complexity index is 503. The van der Waals surface area contributed by atoms with E-state index in [0.29, 0.717) is 13.2 Å². The Hall–Kier alpha value is -1.74. The molecule has 1 aromatic heterocycles. The van der Waals surface area contributed by atoms with E-state index in [9.17, 15) is 0 Å². The summed E-state index contributed by atoms with van der Waals surface area (Å²) in [7, 11) is 0. The van der Waals surface area contributed by atoms with Crippen molar-refractivity contribution in [3.05, 3.63) is 53.0 Å². The van der Waals surface area contributed by atoms with Gasteiger partial charge in [0.1, 0.15) is 18.1 Å². The average Bonchev–Trinajstić information content (AvgIpc) is 2.78. The molecule has 0 atom stereocenters. The maximum Gasteiger partial charge on any atom is 0.146 e. The predicted molar refractivity (Wildman–Crippen MR) is 66.8 cm³/mol. The Morgan fingerprint density at radius 2 is 2.00 bits per heavy atom. The molecule has 90 valence electrons. The maximum absolute atomic E-state index is 5.68. The van der Waals surface area contributed by atoms with Gasteiger partial charge in [-0.1, -0.05) is 6.07 Å². The van der Waals surface area contributed by atoms with Gasteiger partial charge in [-0.15, -0.1) is 0 Å². The molecule has 2 N–H and O–H groups in total. The predicted octanol–water partition coefficient (Wildman–Crippen LogP) is 2.93. The third-order valence-electron chi connectivity index (χ3n) is 2.91. The molecule has 17 heavy (non-hydrogen) atoms. The van der Waals surface area contributed by atoms with Gasteiger partial charge < -0.3 is 14.9 Å². The van der Waals surface area contributed by atoms with Crippen LogP contribution in [0.15, 0.2) is 34.9 Å². The number of hydrogen-bond acceptors (Lipinski definition) is 3. The number of aryl methyl sites for hydroxylation is 2. The van der Waals surface area contributed by atoms with Crippen LogP contribution in [0.3, 0.4) is 0 Å².